The second kappa shape index (κ2) is 8.20. The van der Waals surface area contributed by atoms with Crippen molar-refractivity contribution in [3.05, 3.63) is 22.9 Å². The van der Waals surface area contributed by atoms with E-state index in [9.17, 15) is 0 Å². The van der Waals surface area contributed by atoms with Crippen molar-refractivity contribution in [2.24, 2.45) is 11.7 Å². The van der Waals surface area contributed by atoms with Crippen molar-refractivity contribution in [3.63, 3.8) is 0 Å². The summed E-state index contributed by atoms with van der Waals surface area (Å²) in [6, 6.07) is 1.98. The van der Waals surface area contributed by atoms with Gasteiger partial charge < -0.3 is 10.5 Å². The van der Waals surface area contributed by atoms with Gasteiger partial charge in [-0.05, 0) is 37.8 Å². The SMILES string of the molecule is CCCCC(CC)COc1nc(C)cc(C)c1C(N)=S. The fraction of sp³-hybridized carbons (Fsp3) is 0.625. The average Bonchev–Trinajstić information content (AvgIpc) is 2.37. The number of hydrogen-bond donors (Lipinski definition) is 1. The van der Waals surface area contributed by atoms with Gasteiger partial charge in [0, 0.05) is 5.69 Å². The van der Waals surface area contributed by atoms with Crippen LogP contribution in [0.5, 0.6) is 5.88 Å². The molecule has 20 heavy (non-hydrogen) atoms. The van der Waals surface area contributed by atoms with Crippen LogP contribution in [-0.4, -0.2) is 16.6 Å². The number of nitrogens with zero attached hydrogens (tertiary/aromatic N) is 1. The first-order valence-electron chi connectivity index (χ1n) is 7.40. The number of hydrogen-bond acceptors (Lipinski definition) is 3. The molecule has 4 heteroatoms. The summed E-state index contributed by atoms with van der Waals surface area (Å²) >= 11 is 5.12. The fourth-order valence-electron chi connectivity index (χ4n) is 2.30. The van der Waals surface area contributed by atoms with E-state index in [0.29, 0.717) is 23.4 Å². The molecule has 112 valence electrons. The molecule has 1 unspecified atom stereocenters. The lowest BCUT2D eigenvalue weighted by Crippen LogP contribution is -2.18. The Bertz CT molecular complexity index is 460. The molecule has 2 N–H and O–H groups in total. The lowest BCUT2D eigenvalue weighted by Gasteiger charge is -2.18. The third kappa shape index (κ3) is 4.75. The van der Waals surface area contributed by atoms with E-state index in [1.54, 1.807) is 0 Å². The van der Waals surface area contributed by atoms with Crippen LogP contribution in [0.1, 0.15) is 56.4 Å². The number of thiocarbonyl (C=S) groups is 1. The molecule has 1 aromatic rings. The van der Waals surface area contributed by atoms with Crippen LogP contribution < -0.4 is 10.5 Å². The van der Waals surface area contributed by atoms with Gasteiger partial charge in [0.1, 0.15) is 4.99 Å². The minimum absolute atomic E-state index is 0.353. The second-order valence-electron chi connectivity index (χ2n) is 5.35. The molecule has 0 aliphatic heterocycles. The summed E-state index contributed by atoms with van der Waals surface area (Å²) in [5.74, 6) is 1.15. The largest absolute Gasteiger partial charge is 0.477 e. The molecule has 1 heterocycles. The van der Waals surface area contributed by atoms with Gasteiger partial charge in [0.05, 0.1) is 12.2 Å². The fourth-order valence-corrected chi connectivity index (χ4v) is 2.55. The van der Waals surface area contributed by atoms with Gasteiger partial charge in [0.15, 0.2) is 0 Å². The summed E-state index contributed by atoms with van der Waals surface area (Å²) < 4.78 is 5.93. The standard InChI is InChI=1S/C16H26N2OS/c1-5-7-8-13(6-2)10-19-16-14(15(17)20)11(3)9-12(4)18-16/h9,13H,5-8,10H2,1-4H3,(H2,17,20). The molecule has 0 amide bonds. The van der Waals surface area contributed by atoms with Crippen molar-refractivity contribution in [3.8, 4) is 5.88 Å². The number of ether oxygens (including phenoxy) is 1. The number of rotatable bonds is 8. The van der Waals surface area contributed by atoms with E-state index in [1.807, 2.05) is 19.9 Å². The van der Waals surface area contributed by atoms with E-state index in [1.165, 1.54) is 19.3 Å². The highest BCUT2D eigenvalue weighted by atomic mass is 32.1. The van der Waals surface area contributed by atoms with E-state index < -0.39 is 0 Å². The molecular weight excluding hydrogens is 268 g/mol. The molecule has 0 aromatic carbocycles. The van der Waals surface area contributed by atoms with Gasteiger partial charge in [0.2, 0.25) is 5.88 Å². The topological polar surface area (TPSA) is 48.1 Å². The van der Waals surface area contributed by atoms with Crippen LogP contribution in [0.25, 0.3) is 0 Å². The summed E-state index contributed by atoms with van der Waals surface area (Å²) in [5, 5.41) is 0. The van der Waals surface area contributed by atoms with E-state index in [2.05, 4.69) is 18.8 Å². The highest BCUT2D eigenvalue weighted by molar-refractivity contribution is 7.80. The molecule has 0 spiro atoms. The smallest absolute Gasteiger partial charge is 0.224 e. The third-order valence-corrected chi connectivity index (χ3v) is 3.76. The molecule has 0 saturated carbocycles. The van der Waals surface area contributed by atoms with Gasteiger partial charge in [-0.1, -0.05) is 45.3 Å². The Labute approximate surface area is 127 Å². The Hall–Kier alpha value is -1.16. The molecule has 0 bridgehead atoms. The van der Waals surface area contributed by atoms with Crippen LogP contribution in [0.3, 0.4) is 0 Å². The number of unbranched alkanes of at least 4 members (excludes halogenated alkanes) is 1. The van der Waals surface area contributed by atoms with Crippen LogP contribution in [0, 0.1) is 19.8 Å². The first-order chi connectivity index (χ1) is 9.49. The summed E-state index contributed by atoms with van der Waals surface area (Å²) in [4.78, 5) is 4.81. The van der Waals surface area contributed by atoms with Crippen molar-refractivity contribution < 1.29 is 4.74 Å². The molecule has 0 aliphatic rings. The molecule has 0 saturated heterocycles. The lowest BCUT2D eigenvalue weighted by molar-refractivity contribution is 0.225. The van der Waals surface area contributed by atoms with Gasteiger partial charge in [0.25, 0.3) is 0 Å². The minimum atomic E-state index is 0.353. The van der Waals surface area contributed by atoms with Gasteiger partial charge in [-0.25, -0.2) is 4.98 Å². The second-order valence-corrected chi connectivity index (χ2v) is 5.79. The van der Waals surface area contributed by atoms with Crippen molar-refractivity contribution in [2.45, 2.75) is 53.4 Å². The van der Waals surface area contributed by atoms with Gasteiger partial charge in [-0.3, -0.25) is 0 Å². The number of pyridine rings is 1. The van der Waals surface area contributed by atoms with Crippen LogP contribution in [0.4, 0.5) is 0 Å². The van der Waals surface area contributed by atoms with Gasteiger partial charge in [-0.15, -0.1) is 0 Å². The molecule has 1 aromatic heterocycles. The monoisotopic (exact) mass is 294 g/mol. The van der Waals surface area contributed by atoms with Crippen LogP contribution >= 0.6 is 12.2 Å². The predicted octanol–water partition coefficient (Wildman–Crippen LogP) is 3.93. The van der Waals surface area contributed by atoms with Crippen molar-refractivity contribution >= 4 is 17.2 Å². The number of nitrogens with two attached hydrogens (primary N) is 1. The quantitative estimate of drug-likeness (QED) is 0.738. The van der Waals surface area contributed by atoms with Crippen molar-refractivity contribution in [2.75, 3.05) is 6.61 Å². The summed E-state index contributed by atoms with van der Waals surface area (Å²) in [6.45, 7) is 9.04. The predicted molar refractivity (Wildman–Crippen MR) is 88.4 cm³/mol. The number of aryl methyl sites for hydroxylation is 2. The summed E-state index contributed by atoms with van der Waals surface area (Å²) in [7, 11) is 0. The Morgan fingerprint density at radius 1 is 1.40 bits per heavy atom. The van der Waals surface area contributed by atoms with Crippen LogP contribution in [0.15, 0.2) is 6.07 Å². The zero-order chi connectivity index (χ0) is 15.1. The van der Waals surface area contributed by atoms with Gasteiger partial charge in [-0.2, -0.15) is 0 Å². The number of aromatic nitrogens is 1. The summed E-state index contributed by atoms with van der Waals surface area (Å²) in [6.07, 6.45) is 4.77. The third-order valence-electron chi connectivity index (χ3n) is 3.56. The maximum Gasteiger partial charge on any atom is 0.224 e. The highest BCUT2D eigenvalue weighted by Crippen LogP contribution is 2.22. The van der Waals surface area contributed by atoms with E-state index in [-0.39, 0.29) is 0 Å². The summed E-state index contributed by atoms with van der Waals surface area (Å²) in [5.41, 5.74) is 8.53. The molecule has 0 radical (unpaired) electrons. The van der Waals surface area contributed by atoms with E-state index >= 15 is 0 Å². The Kier molecular flexibility index (Phi) is 6.93. The molecule has 3 nitrogen and oxygen atoms in total. The van der Waals surface area contributed by atoms with Crippen molar-refractivity contribution in [1.29, 1.82) is 0 Å². The molecule has 1 rings (SSSR count). The normalized spacial score (nSPS) is 12.2. The maximum atomic E-state index is 5.93. The molecule has 0 fully saturated rings. The molecular formula is C16H26N2OS. The van der Waals surface area contributed by atoms with Crippen molar-refractivity contribution in [1.82, 2.24) is 4.98 Å². The zero-order valence-corrected chi connectivity index (χ0v) is 13.8. The lowest BCUT2D eigenvalue weighted by atomic mass is 10.0. The van der Waals surface area contributed by atoms with Crippen LogP contribution in [0.2, 0.25) is 0 Å². The van der Waals surface area contributed by atoms with E-state index in [0.717, 1.165) is 23.2 Å². The zero-order valence-electron chi connectivity index (χ0n) is 13.0. The first-order valence-corrected chi connectivity index (χ1v) is 7.81. The van der Waals surface area contributed by atoms with E-state index in [4.69, 9.17) is 22.7 Å². The highest BCUT2D eigenvalue weighted by Gasteiger charge is 2.15. The maximum absolute atomic E-state index is 5.93. The Morgan fingerprint density at radius 2 is 2.10 bits per heavy atom. The molecule has 0 aliphatic carbocycles. The Morgan fingerprint density at radius 3 is 2.65 bits per heavy atom. The van der Waals surface area contributed by atoms with Crippen LogP contribution in [-0.2, 0) is 0 Å². The molecule has 1 atom stereocenters. The van der Waals surface area contributed by atoms with Gasteiger partial charge >= 0.3 is 0 Å². The first kappa shape index (κ1) is 16.9. The minimum Gasteiger partial charge on any atom is -0.477 e. The Balaban J connectivity index is 2.83. The average molecular weight is 294 g/mol.